The average molecular weight is 378 g/mol. The predicted octanol–water partition coefficient (Wildman–Crippen LogP) is 4.14. The van der Waals surface area contributed by atoms with Crippen molar-refractivity contribution in [1.82, 2.24) is 0 Å². The molecule has 0 fully saturated rings. The molecule has 1 heterocycles. The van der Waals surface area contributed by atoms with Crippen molar-refractivity contribution in [3.05, 3.63) is 53.1 Å². The molecule has 2 aromatic rings. The molecule has 1 aliphatic heterocycles. The van der Waals surface area contributed by atoms with Crippen LogP contribution in [0.15, 0.2) is 42.0 Å². The van der Waals surface area contributed by atoms with Crippen LogP contribution in [0, 0.1) is 11.3 Å². The van der Waals surface area contributed by atoms with E-state index >= 15 is 0 Å². The second-order valence-corrected chi connectivity index (χ2v) is 6.64. The summed E-state index contributed by atoms with van der Waals surface area (Å²) >= 11 is 0. The average Bonchev–Trinajstić information content (AvgIpc) is 2.71. The number of rotatable bonds is 5. The van der Waals surface area contributed by atoms with Gasteiger partial charge in [0.2, 0.25) is 0 Å². The fraction of sp³-hybridized carbons (Fsp3) is 0.273. The van der Waals surface area contributed by atoms with Crippen LogP contribution in [0.3, 0.4) is 0 Å². The van der Waals surface area contributed by atoms with Gasteiger partial charge in [-0.15, -0.1) is 0 Å². The third kappa shape index (κ3) is 4.26. The van der Waals surface area contributed by atoms with Crippen LogP contribution in [0.25, 0.3) is 6.08 Å². The van der Waals surface area contributed by atoms with E-state index in [0.29, 0.717) is 30.4 Å². The molecular weight excluding hydrogens is 356 g/mol. The van der Waals surface area contributed by atoms with Gasteiger partial charge in [-0.2, -0.15) is 5.26 Å². The topological polar surface area (TPSA) is 80.6 Å². The summed E-state index contributed by atoms with van der Waals surface area (Å²) in [7, 11) is 1.62. The number of methoxy groups -OCH3 is 1. The van der Waals surface area contributed by atoms with E-state index in [1.54, 1.807) is 31.4 Å². The van der Waals surface area contributed by atoms with Crippen LogP contribution >= 0.6 is 0 Å². The maximum atomic E-state index is 12.6. The van der Waals surface area contributed by atoms with Gasteiger partial charge in [-0.1, -0.05) is 19.9 Å². The van der Waals surface area contributed by atoms with Gasteiger partial charge >= 0.3 is 0 Å². The number of ether oxygens (including phenoxy) is 3. The first-order valence-corrected chi connectivity index (χ1v) is 9.02. The molecule has 3 rings (SSSR count). The van der Waals surface area contributed by atoms with Crippen LogP contribution < -0.4 is 19.5 Å². The van der Waals surface area contributed by atoms with E-state index in [9.17, 15) is 10.1 Å². The Kier molecular flexibility index (Phi) is 5.85. The minimum Gasteiger partial charge on any atom is -0.496 e. The lowest BCUT2D eigenvalue weighted by atomic mass is 9.98. The fourth-order valence-corrected chi connectivity index (χ4v) is 2.93. The molecule has 144 valence electrons. The van der Waals surface area contributed by atoms with Crippen molar-refractivity contribution in [2.45, 2.75) is 19.8 Å². The van der Waals surface area contributed by atoms with Gasteiger partial charge < -0.3 is 19.5 Å². The van der Waals surface area contributed by atoms with Crippen LogP contribution in [0.5, 0.6) is 17.2 Å². The fourth-order valence-electron chi connectivity index (χ4n) is 2.93. The van der Waals surface area contributed by atoms with Crippen molar-refractivity contribution in [1.29, 1.82) is 5.26 Å². The van der Waals surface area contributed by atoms with Gasteiger partial charge in [-0.05, 0) is 47.4 Å². The van der Waals surface area contributed by atoms with E-state index in [1.807, 2.05) is 24.3 Å². The lowest BCUT2D eigenvalue weighted by Crippen LogP contribution is -2.17. The Labute approximate surface area is 164 Å². The first kappa shape index (κ1) is 19.3. The van der Waals surface area contributed by atoms with Crippen molar-refractivity contribution >= 4 is 17.7 Å². The number of nitrogens with one attached hydrogen (secondary N) is 1. The Bertz CT molecular complexity index is 957. The number of carbonyl (C=O) groups is 1. The Morgan fingerprint density at radius 2 is 1.93 bits per heavy atom. The van der Waals surface area contributed by atoms with Gasteiger partial charge in [0.05, 0.1) is 7.11 Å². The number of amides is 1. The van der Waals surface area contributed by atoms with Crippen molar-refractivity contribution in [2.75, 3.05) is 25.6 Å². The van der Waals surface area contributed by atoms with Crippen LogP contribution in [-0.2, 0) is 4.79 Å². The molecule has 0 spiro atoms. The molecular formula is C22H22N2O4. The number of benzene rings is 2. The highest BCUT2D eigenvalue weighted by molar-refractivity contribution is 6.09. The number of nitriles is 1. The zero-order chi connectivity index (χ0) is 20.1. The summed E-state index contributed by atoms with van der Waals surface area (Å²) in [4.78, 5) is 12.6. The Morgan fingerprint density at radius 3 is 2.61 bits per heavy atom. The normalized spacial score (nSPS) is 13.0. The van der Waals surface area contributed by atoms with Crippen LogP contribution in [0.4, 0.5) is 5.69 Å². The van der Waals surface area contributed by atoms with E-state index in [4.69, 9.17) is 14.2 Å². The van der Waals surface area contributed by atoms with Gasteiger partial charge in [-0.25, -0.2) is 0 Å². The second-order valence-electron chi connectivity index (χ2n) is 6.64. The van der Waals surface area contributed by atoms with Gasteiger partial charge in [0.25, 0.3) is 5.91 Å². The standard InChI is InChI=1S/C22H22N2O4/c1-14(2)18-11-15(4-6-19(18)26-3)10-16(13-23)22(25)24-17-5-7-20-21(12-17)28-9-8-27-20/h4-7,10-12,14H,8-9H2,1-3H3,(H,24,25)/b16-10+. The minimum absolute atomic E-state index is 0.00904. The van der Waals surface area contributed by atoms with Crippen molar-refractivity contribution in [3.63, 3.8) is 0 Å². The third-order valence-electron chi connectivity index (χ3n) is 4.35. The molecule has 1 aliphatic rings. The number of anilines is 1. The largest absolute Gasteiger partial charge is 0.496 e. The highest BCUT2D eigenvalue weighted by Crippen LogP contribution is 2.33. The summed E-state index contributed by atoms with van der Waals surface area (Å²) < 4.78 is 16.4. The third-order valence-corrected chi connectivity index (χ3v) is 4.35. The van der Waals surface area contributed by atoms with Gasteiger partial charge in [-0.3, -0.25) is 4.79 Å². The van der Waals surface area contributed by atoms with Crippen LogP contribution in [0.2, 0.25) is 0 Å². The van der Waals surface area contributed by atoms with E-state index in [-0.39, 0.29) is 11.5 Å². The van der Waals surface area contributed by atoms with Gasteiger partial charge in [0, 0.05) is 11.8 Å². The van der Waals surface area contributed by atoms with Crippen molar-refractivity contribution in [2.24, 2.45) is 0 Å². The van der Waals surface area contributed by atoms with E-state index < -0.39 is 5.91 Å². The Morgan fingerprint density at radius 1 is 1.18 bits per heavy atom. The summed E-state index contributed by atoms with van der Waals surface area (Å²) in [6, 6.07) is 12.7. The summed E-state index contributed by atoms with van der Waals surface area (Å²) in [6.07, 6.45) is 1.57. The number of hydrogen-bond acceptors (Lipinski definition) is 5. The van der Waals surface area contributed by atoms with Crippen LogP contribution in [0.1, 0.15) is 30.9 Å². The molecule has 0 unspecified atom stereocenters. The van der Waals surface area contributed by atoms with E-state index in [0.717, 1.165) is 16.9 Å². The molecule has 1 amide bonds. The molecule has 1 N–H and O–H groups in total. The number of carbonyl (C=O) groups excluding carboxylic acids is 1. The molecule has 0 saturated heterocycles. The monoisotopic (exact) mass is 378 g/mol. The lowest BCUT2D eigenvalue weighted by Gasteiger charge is -2.19. The second kappa shape index (κ2) is 8.49. The maximum absolute atomic E-state index is 12.6. The molecule has 28 heavy (non-hydrogen) atoms. The summed E-state index contributed by atoms with van der Waals surface area (Å²) in [5.74, 6) is 1.76. The predicted molar refractivity (Wildman–Crippen MR) is 107 cm³/mol. The molecule has 0 aliphatic carbocycles. The van der Waals surface area contributed by atoms with Crippen molar-refractivity contribution in [3.8, 4) is 23.3 Å². The lowest BCUT2D eigenvalue weighted by molar-refractivity contribution is -0.112. The molecule has 0 saturated carbocycles. The molecule has 0 bridgehead atoms. The molecule has 0 aromatic heterocycles. The zero-order valence-corrected chi connectivity index (χ0v) is 16.1. The Balaban J connectivity index is 1.82. The Hall–Kier alpha value is -3.46. The van der Waals surface area contributed by atoms with Gasteiger partial charge in [0.1, 0.15) is 30.6 Å². The SMILES string of the molecule is COc1ccc(/C=C(\C#N)C(=O)Nc2ccc3c(c2)OCCO3)cc1C(C)C. The summed E-state index contributed by atoms with van der Waals surface area (Å²) in [5, 5.41) is 12.2. The highest BCUT2D eigenvalue weighted by Gasteiger charge is 2.15. The molecule has 0 atom stereocenters. The number of nitrogens with zero attached hydrogens (tertiary/aromatic N) is 1. The summed E-state index contributed by atoms with van der Waals surface area (Å²) in [5.41, 5.74) is 2.32. The smallest absolute Gasteiger partial charge is 0.266 e. The maximum Gasteiger partial charge on any atom is 0.266 e. The minimum atomic E-state index is -0.485. The molecule has 6 nitrogen and oxygen atoms in total. The molecule has 0 radical (unpaired) electrons. The number of fused-ring (bicyclic) bond motifs is 1. The van der Waals surface area contributed by atoms with E-state index in [1.165, 1.54) is 0 Å². The first-order valence-electron chi connectivity index (χ1n) is 9.02. The summed E-state index contributed by atoms with van der Waals surface area (Å²) in [6.45, 7) is 5.08. The van der Waals surface area contributed by atoms with E-state index in [2.05, 4.69) is 19.2 Å². The quantitative estimate of drug-likeness (QED) is 0.625. The molecule has 6 heteroatoms. The van der Waals surface area contributed by atoms with Gasteiger partial charge in [0.15, 0.2) is 11.5 Å². The zero-order valence-electron chi connectivity index (χ0n) is 16.1. The highest BCUT2D eigenvalue weighted by atomic mass is 16.6. The van der Waals surface area contributed by atoms with Crippen molar-refractivity contribution < 1.29 is 19.0 Å². The molecule has 2 aromatic carbocycles. The van der Waals surface area contributed by atoms with Crippen LogP contribution in [-0.4, -0.2) is 26.2 Å². The number of hydrogen-bond donors (Lipinski definition) is 1. The first-order chi connectivity index (χ1) is 13.5.